The van der Waals surface area contributed by atoms with E-state index in [-0.39, 0.29) is 22.9 Å². The van der Waals surface area contributed by atoms with Crippen LogP contribution in [0.5, 0.6) is 0 Å². The molecular formula is C22H25NO5. The number of ketones is 1. The first-order chi connectivity index (χ1) is 13.2. The molecule has 2 aromatic carbocycles. The van der Waals surface area contributed by atoms with E-state index in [1.165, 1.54) is 17.0 Å². The van der Waals surface area contributed by atoms with Gasteiger partial charge in [0.15, 0.2) is 5.78 Å². The number of carboxylic acid groups (broad SMARTS) is 1. The van der Waals surface area contributed by atoms with Gasteiger partial charge in [0.2, 0.25) is 0 Å². The number of ether oxygens (including phenoxy) is 1. The Labute approximate surface area is 165 Å². The van der Waals surface area contributed by atoms with Gasteiger partial charge in [0.25, 0.3) is 0 Å². The molecule has 28 heavy (non-hydrogen) atoms. The zero-order chi connectivity index (χ0) is 21.1. The van der Waals surface area contributed by atoms with Crippen molar-refractivity contribution in [1.82, 2.24) is 0 Å². The third-order valence-corrected chi connectivity index (χ3v) is 3.61. The fourth-order valence-electron chi connectivity index (χ4n) is 2.08. The van der Waals surface area contributed by atoms with Crippen LogP contribution >= 0.6 is 0 Å². The molecule has 2 rings (SSSR count). The molecule has 148 valence electrons. The molecule has 0 spiro atoms. The average molecular weight is 383 g/mol. The topological polar surface area (TPSA) is 87.9 Å². The summed E-state index contributed by atoms with van der Waals surface area (Å²) in [5, 5.41) is 10.9. The second-order valence-electron chi connectivity index (χ2n) is 6.40. The van der Waals surface area contributed by atoms with Crippen molar-refractivity contribution in [3.8, 4) is 0 Å². The Morgan fingerprint density at radius 3 is 2.00 bits per heavy atom. The van der Waals surface area contributed by atoms with Gasteiger partial charge in [-0.3, -0.25) is 4.79 Å². The summed E-state index contributed by atoms with van der Waals surface area (Å²) in [6, 6.07) is 14.6. The van der Waals surface area contributed by atoms with E-state index in [0.717, 1.165) is 6.54 Å². The smallest absolute Gasteiger partial charge is 0.333 e. The van der Waals surface area contributed by atoms with E-state index in [4.69, 9.17) is 4.74 Å². The molecule has 6 heteroatoms. The largest absolute Gasteiger partial charge is 0.545 e. The normalized spacial score (nSPS) is 9.86. The third kappa shape index (κ3) is 7.55. The predicted octanol–water partition coefficient (Wildman–Crippen LogP) is 0.531. The first-order valence-electron chi connectivity index (χ1n) is 8.75. The molecule has 0 saturated heterocycles. The molecule has 0 unspecified atom stereocenters. The maximum atomic E-state index is 12.1. The van der Waals surface area contributed by atoms with Crippen molar-refractivity contribution in [3.05, 3.63) is 83.4 Å². The van der Waals surface area contributed by atoms with Crippen LogP contribution in [0, 0.1) is 0 Å². The molecule has 0 atom stereocenters. The summed E-state index contributed by atoms with van der Waals surface area (Å²) in [7, 11) is 4.02. The highest BCUT2D eigenvalue weighted by molar-refractivity contribution is 6.13. The van der Waals surface area contributed by atoms with E-state index in [1.54, 1.807) is 49.4 Å². The number of nitrogens with one attached hydrogen (secondary N) is 1. The summed E-state index contributed by atoms with van der Waals surface area (Å²) in [5.41, 5.74) is 0.986. The fraction of sp³-hybridized carbons (Fsp3) is 0.227. The molecule has 6 nitrogen and oxygen atoms in total. The van der Waals surface area contributed by atoms with Gasteiger partial charge in [0.1, 0.15) is 13.2 Å². The lowest BCUT2D eigenvalue weighted by molar-refractivity contribution is -0.858. The average Bonchev–Trinajstić information content (AvgIpc) is 2.68. The minimum Gasteiger partial charge on any atom is -0.545 e. The number of esters is 1. The minimum absolute atomic E-state index is 0.0821. The summed E-state index contributed by atoms with van der Waals surface area (Å²) in [4.78, 5) is 35.0. The van der Waals surface area contributed by atoms with Gasteiger partial charge in [0.05, 0.1) is 20.1 Å². The number of likely N-dealkylation sites (N-methyl/N-ethyl adjacent to an activating group) is 1. The number of aromatic carboxylic acids is 1. The molecule has 0 fully saturated rings. The van der Waals surface area contributed by atoms with Crippen LogP contribution in [0.1, 0.15) is 33.2 Å². The van der Waals surface area contributed by atoms with Gasteiger partial charge in [-0.15, -0.1) is 0 Å². The highest BCUT2D eigenvalue weighted by atomic mass is 16.5. The number of carboxylic acids is 1. The molecular weight excluding hydrogens is 358 g/mol. The summed E-state index contributed by atoms with van der Waals surface area (Å²) in [6.07, 6.45) is 0. The Balaban J connectivity index is 0.000000311. The Hall–Kier alpha value is -3.25. The lowest BCUT2D eigenvalue weighted by Crippen LogP contribution is -3.06. The van der Waals surface area contributed by atoms with Crippen molar-refractivity contribution in [3.63, 3.8) is 0 Å². The van der Waals surface area contributed by atoms with Crippen LogP contribution in [0.15, 0.2) is 66.7 Å². The maximum absolute atomic E-state index is 12.1. The van der Waals surface area contributed by atoms with Gasteiger partial charge in [-0.25, -0.2) is 4.79 Å². The number of carbonyl (C=O) groups excluding carboxylic acids is 3. The first-order valence-corrected chi connectivity index (χ1v) is 8.75. The summed E-state index contributed by atoms with van der Waals surface area (Å²) in [5.74, 6) is -1.96. The molecule has 0 heterocycles. The SMILES string of the molecule is C=C(C)C(=O)OCC[NH+](C)C.O=C([O-])c1ccccc1C(=O)c1ccccc1. The standard InChI is InChI=1S/C14H10O3.C8H15NO2/c15-13(10-6-2-1-3-7-10)11-8-4-5-9-12(11)14(16)17;1-7(2)8(10)11-6-5-9(3)4/h1-9H,(H,16,17);1,5-6H2,2-4H3. The quantitative estimate of drug-likeness (QED) is 0.428. The maximum Gasteiger partial charge on any atom is 0.333 e. The zero-order valence-electron chi connectivity index (χ0n) is 16.4. The van der Waals surface area contributed by atoms with Gasteiger partial charge in [0, 0.05) is 22.3 Å². The van der Waals surface area contributed by atoms with Crippen molar-refractivity contribution in [2.45, 2.75) is 6.92 Å². The molecule has 0 aromatic heterocycles. The van der Waals surface area contributed by atoms with E-state index < -0.39 is 5.97 Å². The summed E-state index contributed by atoms with van der Waals surface area (Å²) < 4.78 is 4.85. The number of rotatable bonds is 7. The van der Waals surface area contributed by atoms with E-state index in [0.29, 0.717) is 17.7 Å². The Morgan fingerprint density at radius 2 is 1.50 bits per heavy atom. The van der Waals surface area contributed by atoms with Gasteiger partial charge < -0.3 is 19.5 Å². The Kier molecular flexibility index (Phi) is 9.33. The molecule has 0 bridgehead atoms. The molecule has 0 aliphatic carbocycles. The van der Waals surface area contributed by atoms with Crippen LogP contribution in [0.25, 0.3) is 0 Å². The van der Waals surface area contributed by atoms with Crippen LogP contribution in [-0.4, -0.2) is 45.0 Å². The van der Waals surface area contributed by atoms with Gasteiger partial charge in [-0.1, -0.05) is 61.2 Å². The van der Waals surface area contributed by atoms with Crippen LogP contribution in [0.3, 0.4) is 0 Å². The predicted molar refractivity (Wildman–Crippen MR) is 104 cm³/mol. The number of carbonyl (C=O) groups is 3. The number of quaternary nitrogens is 1. The summed E-state index contributed by atoms with van der Waals surface area (Å²) in [6.45, 7) is 6.41. The minimum atomic E-state index is -1.34. The van der Waals surface area contributed by atoms with E-state index in [9.17, 15) is 19.5 Å². The van der Waals surface area contributed by atoms with Gasteiger partial charge in [-0.2, -0.15) is 0 Å². The van der Waals surface area contributed by atoms with Crippen molar-refractivity contribution in [2.24, 2.45) is 0 Å². The fourth-order valence-corrected chi connectivity index (χ4v) is 2.08. The molecule has 0 aliphatic heterocycles. The highest BCUT2D eigenvalue weighted by Gasteiger charge is 2.12. The lowest BCUT2D eigenvalue weighted by atomic mass is 9.98. The number of hydrogen-bond donors (Lipinski definition) is 1. The van der Waals surface area contributed by atoms with E-state index in [1.807, 2.05) is 14.1 Å². The molecule has 0 saturated carbocycles. The molecule has 1 N–H and O–H groups in total. The van der Waals surface area contributed by atoms with Crippen molar-refractivity contribution in [1.29, 1.82) is 0 Å². The Bertz CT molecular complexity index is 828. The highest BCUT2D eigenvalue weighted by Crippen LogP contribution is 2.13. The monoisotopic (exact) mass is 383 g/mol. The van der Waals surface area contributed by atoms with E-state index >= 15 is 0 Å². The van der Waals surface area contributed by atoms with Crippen molar-refractivity contribution >= 4 is 17.7 Å². The van der Waals surface area contributed by atoms with Crippen molar-refractivity contribution < 1.29 is 29.1 Å². The lowest BCUT2D eigenvalue weighted by Gasteiger charge is -2.08. The second-order valence-corrected chi connectivity index (χ2v) is 6.40. The molecule has 2 aromatic rings. The third-order valence-electron chi connectivity index (χ3n) is 3.61. The van der Waals surface area contributed by atoms with Gasteiger partial charge >= 0.3 is 5.97 Å². The van der Waals surface area contributed by atoms with Crippen LogP contribution in [0.4, 0.5) is 0 Å². The molecule has 0 radical (unpaired) electrons. The molecule has 0 aliphatic rings. The Morgan fingerprint density at radius 1 is 0.964 bits per heavy atom. The van der Waals surface area contributed by atoms with Crippen LogP contribution in [-0.2, 0) is 9.53 Å². The molecule has 0 amide bonds. The summed E-state index contributed by atoms with van der Waals surface area (Å²) >= 11 is 0. The van der Waals surface area contributed by atoms with Gasteiger partial charge in [-0.05, 0) is 6.92 Å². The van der Waals surface area contributed by atoms with Crippen LogP contribution < -0.4 is 10.0 Å². The zero-order valence-corrected chi connectivity index (χ0v) is 16.4. The second kappa shape index (κ2) is 11.5. The van der Waals surface area contributed by atoms with Crippen LogP contribution in [0.2, 0.25) is 0 Å². The number of hydrogen-bond acceptors (Lipinski definition) is 5. The van der Waals surface area contributed by atoms with E-state index in [2.05, 4.69) is 6.58 Å². The number of benzene rings is 2. The first kappa shape index (κ1) is 22.8. The van der Waals surface area contributed by atoms with Crippen molar-refractivity contribution in [2.75, 3.05) is 27.2 Å².